The van der Waals surface area contributed by atoms with Crippen molar-refractivity contribution in [3.05, 3.63) is 24.3 Å². The van der Waals surface area contributed by atoms with Crippen molar-refractivity contribution in [2.75, 3.05) is 54.1 Å². The Balaban J connectivity index is 4.07. The van der Waals surface area contributed by atoms with Crippen LogP contribution in [0, 0.1) is 0 Å². The van der Waals surface area contributed by atoms with Gasteiger partial charge >= 0.3 is 13.8 Å². The highest BCUT2D eigenvalue weighted by molar-refractivity contribution is 7.47. The van der Waals surface area contributed by atoms with Crippen LogP contribution in [0.25, 0.3) is 0 Å². The van der Waals surface area contributed by atoms with Crippen molar-refractivity contribution in [2.24, 2.45) is 0 Å². The number of esters is 1. The SMILES string of the molecule is CCCCCCCC/C=C\CCCCCCCC(=O)OC(COCCCCCCCCCCCCCC/C=C\CCCCCCCCCC)COP(=O)(O)OCC[N+](C)(C)C. The van der Waals surface area contributed by atoms with Crippen LogP contribution in [0.15, 0.2) is 24.3 Å². The van der Waals surface area contributed by atoms with Gasteiger partial charge in [0.25, 0.3) is 0 Å². The van der Waals surface area contributed by atoms with Crippen LogP contribution in [0.1, 0.15) is 245 Å². The predicted octanol–water partition coefficient (Wildman–Crippen LogP) is 16.0. The van der Waals surface area contributed by atoms with Gasteiger partial charge in [-0.1, -0.05) is 199 Å². The van der Waals surface area contributed by atoms with Crippen LogP contribution in [0.4, 0.5) is 0 Å². The standard InChI is InChI=1S/C52H102NO7P/c1-6-8-10-12-14-16-18-20-22-23-24-25-26-27-28-29-30-32-34-36-38-40-42-44-47-57-49-51(50-59-61(55,56)58-48-46-53(3,4)5)60-52(54)45-43-41-39-37-35-33-31-21-19-17-15-13-11-9-7-2/h21,23-24,31,51H,6-20,22,25-30,32-50H2,1-5H3/p+1/b24-23-,31-21-. The van der Waals surface area contributed by atoms with Gasteiger partial charge < -0.3 is 18.9 Å². The monoisotopic (exact) mass is 885 g/mol. The van der Waals surface area contributed by atoms with Crippen molar-refractivity contribution >= 4 is 13.8 Å². The summed E-state index contributed by atoms with van der Waals surface area (Å²) >= 11 is 0. The number of likely N-dealkylation sites (N-methyl/N-ethyl adjacent to an activating group) is 1. The molecular formula is C52H103NO7P+. The van der Waals surface area contributed by atoms with Gasteiger partial charge in [-0.15, -0.1) is 0 Å². The molecule has 0 aromatic rings. The van der Waals surface area contributed by atoms with E-state index >= 15 is 0 Å². The van der Waals surface area contributed by atoms with E-state index in [4.69, 9.17) is 18.5 Å². The third kappa shape index (κ3) is 49.8. The highest BCUT2D eigenvalue weighted by atomic mass is 31.2. The van der Waals surface area contributed by atoms with E-state index in [0.717, 1.165) is 38.5 Å². The number of hydrogen-bond acceptors (Lipinski definition) is 6. The fraction of sp³-hybridized carbons (Fsp3) is 0.904. The molecule has 9 heteroatoms. The van der Waals surface area contributed by atoms with E-state index in [2.05, 4.69) is 38.2 Å². The number of phosphoric ester groups is 1. The Kier molecular flexibility index (Phi) is 44.8. The molecule has 0 saturated heterocycles. The maximum Gasteiger partial charge on any atom is 0.472 e. The van der Waals surface area contributed by atoms with Gasteiger partial charge in [0.2, 0.25) is 0 Å². The van der Waals surface area contributed by atoms with Crippen LogP contribution in [-0.4, -0.2) is 75.6 Å². The summed E-state index contributed by atoms with van der Waals surface area (Å²) in [5.74, 6) is -0.319. The molecule has 0 aliphatic rings. The maximum absolute atomic E-state index is 12.7. The number of hydrogen-bond donors (Lipinski definition) is 1. The molecule has 0 fully saturated rings. The molecule has 0 aliphatic carbocycles. The quantitative estimate of drug-likeness (QED) is 0.0214. The maximum atomic E-state index is 12.7. The van der Waals surface area contributed by atoms with E-state index in [1.807, 2.05) is 21.1 Å². The fourth-order valence-corrected chi connectivity index (χ4v) is 8.17. The minimum absolute atomic E-state index is 0.0887. The zero-order chi connectivity index (χ0) is 44.8. The van der Waals surface area contributed by atoms with Gasteiger partial charge in [0.1, 0.15) is 19.3 Å². The van der Waals surface area contributed by atoms with Crippen molar-refractivity contribution in [3.63, 3.8) is 0 Å². The third-order valence-electron chi connectivity index (χ3n) is 11.5. The van der Waals surface area contributed by atoms with Crippen LogP contribution in [-0.2, 0) is 27.9 Å². The number of quaternary nitrogens is 1. The van der Waals surface area contributed by atoms with E-state index in [1.165, 1.54) is 186 Å². The third-order valence-corrected chi connectivity index (χ3v) is 12.5. The number of allylic oxidation sites excluding steroid dienone is 4. The summed E-state index contributed by atoms with van der Waals surface area (Å²) in [5, 5.41) is 0. The molecule has 0 aromatic heterocycles. The van der Waals surface area contributed by atoms with Crippen LogP contribution in [0.3, 0.4) is 0 Å². The summed E-state index contributed by atoms with van der Waals surface area (Å²) in [6.07, 6.45) is 53.7. The number of carbonyl (C=O) groups is 1. The Morgan fingerprint density at radius 1 is 0.492 bits per heavy atom. The van der Waals surface area contributed by atoms with E-state index in [-0.39, 0.29) is 25.8 Å². The second kappa shape index (κ2) is 45.5. The molecule has 0 aromatic carbocycles. The minimum atomic E-state index is -4.28. The number of ether oxygens (including phenoxy) is 2. The van der Waals surface area contributed by atoms with Gasteiger partial charge in [0.05, 0.1) is 34.4 Å². The Labute approximate surface area is 379 Å². The van der Waals surface area contributed by atoms with E-state index < -0.39 is 13.9 Å². The molecule has 0 aliphatic heterocycles. The van der Waals surface area contributed by atoms with Gasteiger partial charge in [-0.05, 0) is 64.2 Å². The summed E-state index contributed by atoms with van der Waals surface area (Å²) in [5.41, 5.74) is 0. The molecule has 2 unspecified atom stereocenters. The Morgan fingerprint density at radius 3 is 1.25 bits per heavy atom. The fourth-order valence-electron chi connectivity index (χ4n) is 7.43. The van der Waals surface area contributed by atoms with Crippen molar-refractivity contribution < 1.29 is 37.3 Å². The first kappa shape index (κ1) is 60.0. The zero-order valence-corrected chi connectivity index (χ0v) is 42.1. The molecule has 0 heterocycles. The van der Waals surface area contributed by atoms with Gasteiger partial charge in [0, 0.05) is 13.0 Å². The van der Waals surface area contributed by atoms with E-state index in [0.29, 0.717) is 24.1 Å². The highest BCUT2D eigenvalue weighted by Gasteiger charge is 2.26. The van der Waals surface area contributed by atoms with E-state index in [1.54, 1.807) is 0 Å². The van der Waals surface area contributed by atoms with E-state index in [9.17, 15) is 14.3 Å². The van der Waals surface area contributed by atoms with Crippen molar-refractivity contribution in [1.82, 2.24) is 0 Å². The molecule has 0 radical (unpaired) electrons. The zero-order valence-electron chi connectivity index (χ0n) is 41.2. The lowest BCUT2D eigenvalue weighted by atomic mass is 10.0. The molecule has 1 N–H and O–H groups in total. The summed E-state index contributed by atoms with van der Waals surface area (Å²) in [7, 11) is 1.67. The van der Waals surface area contributed by atoms with Crippen LogP contribution in [0.5, 0.6) is 0 Å². The average Bonchev–Trinajstić information content (AvgIpc) is 3.22. The first-order valence-corrected chi connectivity index (χ1v) is 27.6. The van der Waals surface area contributed by atoms with Crippen LogP contribution in [0.2, 0.25) is 0 Å². The molecule has 0 bridgehead atoms. The lowest BCUT2D eigenvalue weighted by Crippen LogP contribution is -2.37. The minimum Gasteiger partial charge on any atom is -0.457 e. The summed E-state index contributed by atoms with van der Waals surface area (Å²) in [6, 6.07) is 0. The molecule has 0 rings (SSSR count). The van der Waals surface area contributed by atoms with Crippen molar-refractivity contribution in [2.45, 2.75) is 251 Å². The molecule has 2 atom stereocenters. The summed E-state index contributed by atoms with van der Waals surface area (Å²) in [4.78, 5) is 23.0. The lowest BCUT2D eigenvalue weighted by Gasteiger charge is -2.24. The lowest BCUT2D eigenvalue weighted by molar-refractivity contribution is -0.870. The first-order valence-electron chi connectivity index (χ1n) is 26.1. The smallest absolute Gasteiger partial charge is 0.457 e. The first-order chi connectivity index (χ1) is 29.6. The number of nitrogens with zero attached hydrogens (tertiary/aromatic N) is 1. The second-order valence-corrected chi connectivity index (χ2v) is 20.4. The normalized spacial score (nSPS) is 13.7. The molecule has 61 heavy (non-hydrogen) atoms. The molecule has 0 spiro atoms. The molecule has 362 valence electrons. The summed E-state index contributed by atoms with van der Waals surface area (Å²) in [6.45, 7) is 5.65. The molecular weight excluding hydrogens is 782 g/mol. The van der Waals surface area contributed by atoms with Crippen LogP contribution < -0.4 is 0 Å². The second-order valence-electron chi connectivity index (χ2n) is 18.9. The number of phosphoric acid groups is 1. The number of rotatable bonds is 49. The van der Waals surface area contributed by atoms with Gasteiger partial charge in [-0.3, -0.25) is 13.8 Å². The van der Waals surface area contributed by atoms with Gasteiger partial charge in [-0.25, -0.2) is 4.57 Å². The molecule has 0 amide bonds. The molecule has 0 saturated carbocycles. The highest BCUT2D eigenvalue weighted by Crippen LogP contribution is 2.43. The summed E-state index contributed by atoms with van der Waals surface area (Å²) < 4.78 is 35.1. The van der Waals surface area contributed by atoms with Crippen molar-refractivity contribution in [1.29, 1.82) is 0 Å². The van der Waals surface area contributed by atoms with Crippen LogP contribution >= 0.6 is 7.82 Å². The van der Waals surface area contributed by atoms with Gasteiger partial charge in [0.15, 0.2) is 0 Å². The Hall–Kier alpha value is -1.02. The van der Waals surface area contributed by atoms with Crippen molar-refractivity contribution in [3.8, 4) is 0 Å². The average molecular weight is 885 g/mol. The predicted molar refractivity (Wildman–Crippen MR) is 261 cm³/mol. The number of unbranched alkanes of at least 4 members (excludes halogenated alkanes) is 31. The topological polar surface area (TPSA) is 91.3 Å². The van der Waals surface area contributed by atoms with Gasteiger partial charge in [-0.2, -0.15) is 0 Å². The number of carbonyl (C=O) groups excluding carboxylic acids is 1. The Bertz CT molecular complexity index is 1030. The Morgan fingerprint density at radius 2 is 0.852 bits per heavy atom. The molecule has 8 nitrogen and oxygen atoms in total. The largest absolute Gasteiger partial charge is 0.472 e.